The summed E-state index contributed by atoms with van der Waals surface area (Å²) in [7, 11) is 0. The van der Waals surface area contributed by atoms with Crippen molar-refractivity contribution in [3.05, 3.63) is 33.1 Å². The van der Waals surface area contributed by atoms with E-state index in [0.29, 0.717) is 12.0 Å². The third-order valence-corrected chi connectivity index (χ3v) is 4.82. The van der Waals surface area contributed by atoms with Crippen molar-refractivity contribution in [3.63, 3.8) is 0 Å². The Morgan fingerprint density at radius 3 is 2.80 bits per heavy atom. The Morgan fingerprint density at radius 1 is 1.40 bits per heavy atom. The van der Waals surface area contributed by atoms with Crippen LogP contribution in [-0.2, 0) is 4.74 Å². The Bertz CT molecular complexity index is 421. The van der Waals surface area contributed by atoms with E-state index < -0.39 is 0 Å². The average Bonchev–Trinajstić information content (AvgIpc) is 2.45. The minimum absolute atomic E-state index is 0.154. The molecule has 0 radical (unpaired) electrons. The second kappa shape index (κ2) is 8.29. The summed E-state index contributed by atoms with van der Waals surface area (Å²) in [5, 5.41) is 3.63. The summed E-state index contributed by atoms with van der Waals surface area (Å²) in [5.41, 5.74) is 1.23. The summed E-state index contributed by atoms with van der Waals surface area (Å²) < 4.78 is 19.7. The average molecular weight is 391 g/mol. The molecule has 112 valence electrons. The summed E-state index contributed by atoms with van der Waals surface area (Å²) in [6.45, 7) is 4.94. The van der Waals surface area contributed by atoms with Gasteiger partial charge < -0.3 is 10.1 Å². The van der Waals surface area contributed by atoms with Crippen molar-refractivity contribution in [2.75, 3.05) is 19.8 Å². The van der Waals surface area contributed by atoms with Gasteiger partial charge in [-0.1, -0.05) is 13.0 Å². The largest absolute Gasteiger partial charge is 0.381 e. The van der Waals surface area contributed by atoms with E-state index in [0.717, 1.165) is 49.0 Å². The molecule has 20 heavy (non-hydrogen) atoms. The number of nitrogens with one attached hydrogen (secondary N) is 1. The van der Waals surface area contributed by atoms with Gasteiger partial charge in [0.05, 0.1) is 0 Å². The van der Waals surface area contributed by atoms with Crippen molar-refractivity contribution in [1.29, 1.82) is 0 Å². The van der Waals surface area contributed by atoms with Crippen molar-refractivity contribution in [3.8, 4) is 0 Å². The molecule has 0 aromatic heterocycles. The molecule has 0 amide bonds. The SMILES string of the molecule is CCCNC(CC1CCOCC1)c1ccc(F)cc1I. The lowest BCUT2D eigenvalue weighted by Gasteiger charge is -2.28. The van der Waals surface area contributed by atoms with E-state index in [-0.39, 0.29) is 5.82 Å². The number of hydrogen-bond donors (Lipinski definition) is 1. The van der Waals surface area contributed by atoms with Crippen LogP contribution in [0.3, 0.4) is 0 Å². The second-order valence-corrected chi connectivity index (χ2v) is 6.63. The summed E-state index contributed by atoms with van der Waals surface area (Å²) in [4.78, 5) is 0. The normalized spacial score (nSPS) is 18.1. The molecule has 1 N–H and O–H groups in total. The molecule has 0 aliphatic carbocycles. The lowest BCUT2D eigenvalue weighted by Crippen LogP contribution is -2.27. The summed E-state index contributed by atoms with van der Waals surface area (Å²) >= 11 is 2.24. The Hall–Kier alpha value is -0.200. The molecule has 1 atom stereocenters. The predicted octanol–water partition coefficient (Wildman–Crippen LogP) is 4.29. The van der Waals surface area contributed by atoms with E-state index >= 15 is 0 Å². The maximum Gasteiger partial charge on any atom is 0.124 e. The first-order valence-corrected chi connectivity index (χ1v) is 8.54. The molecule has 4 heteroatoms. The first kappa shape index (κ1) is 16.2. The topological polar surface area (TPSA) is 21.3 Å². The van der Waals surface area contributed by atoms with E-state index in [1.54, 1.807) is 12.1 Å². The third kappa shape index (κ3) is 4.67. The van der Waals surface area contributed by atoms with Crippen LogP contribution in [0.1, 0.15) is 44.2 Å². The van der Waals surface area contributed by atoms with Gasteiger partial charge in [-0.25, -0.2) is 4.39 Å². The van der Waals surface area contributed by atoms with Gasteiger partial charge in [0.15, 0.2) is 0 Å². The standard InChI is InChI=1S/C16H23FINO/c1-2-7-19-16(10-12-5-8-20-9-6-12)14-4-3-13(17)11-15(14)18/h3-4,11-12,16,19H,2,5-10H2,1H3. The number of rotatable bonds is 6. The maximum atomic E-state index is 13.3. The zero-order chi connectivity index (χ0) is 14.4. The van der Waals surface area contributed by atoms with Crippen LogP contribution in [0.25, 0.3) is 0 Å². The minimum Gasteiger partial charge on any atom is -0.381 e. The summed E-state index contributed by atoms with van der Waals surface area (Å²) in [6, 6.07) is 5.46. The van der Waals surface area contributed by atoms with Gasteiger partial charge in [-0.2, -0.15) is 0 Å². The van der Waals surface area contributed by atoms with E-state index in [1.165, 1.54) is 5.56 Å². The maximum absolute atomic E-state index is 13.3. The first-order chi connectivity index (χ1) is 9.70. The molecular formula is C16H23FINO. The Labute approximate surface area is 134 Å². The Balaban J connectivity index is 2.08. The molecule has 1 aliphatic heterocycles. The molecule has 0 saturated carbocycles. The summed E-state index contributed by atoms with van der Waals surface area (Å²) in [5.74, 6) is 0.553. The molecule has 0 spiro atoms. The lowest BCUT2D eigenvalue weighted by atomic mass is 9.89. The highest BCUT2D eigenvalue weighted by Gasteiger charge is 2.21. The van der Waals surface area contributed by atoms with Gasteiger partial charge in [0, 0.05) is 22.8 Å². The second-order valence-electron chi connectivity index (χ2n) is 5.46. The minimum atomic E-state index is -0.154. The van der Waals surface area contributed by atoms with Crippen LogP contribution >= 0.6 is 22.6 Å². The fourth-order valence-electron chi connectivity index (χ4n) is 2.74. The Morgan fingerprint density at radius 2 is 2.15 bits per heavy atom. The van der Waals surface area contributed by atoms with Crippen LogP contribution in [0.4, 0.5) is 4.39 Å². The third-order valence-electron chi connectivity index (χ3n) is 3.89. The van der Waals surface area contributed by atoms with Gasteiger partial charge in [-0.3, -0.25) is 0 Å². The fourth-order valence-corrected chi connectivity index (χ4v) is 3.59. The molecule has 2 rings (SSSR count). The smallest absolute Gasteiger partial charge is 0.124 e. The van der Waals surface area contributed by atoms with E-state index in [1.807, 2.05) is 6.07 Å². The van der Waals surface area contributed by atoms with Crippen LogP contribution in [0.5, 0.6) is 0 Å². The highest BCUT2D eigenvalue weighted by atomic mass is 127. The molecule has 1 fully saturated rings. The molecule has 1 heterocycles. The first-order valence-electron chi connectivity index (χ1n) is 7.46. The predicted molar refractivity (Wildman–Crippen MR) is 88.3 cm³/mol. The van der Waals surface area contributed by atoms with E-state index in [4.69, 9.17) is 4.74 Å². The Kier molecular flexibility index (Phi) is 6.71. The molecule has 2 nitrogen and oxygen atoms in total. The zero-order valence-corrected chi connectivity index (χ0v) is 14.2. The van der Waals surface area contributed by atoms with Crippen molar-refractivity contribution in [2.24, 2.45) is 5.92 Å². The van der Waals surface area contributed by atoms with Crippen LogP contribution in [0.2, 0.25) is 0 Å². The van der Waals surface area contributed by atoms with Crippen molar-refractivity contribution < 1.29 is 9.13 Å². The van der Waals surface area contributed by atoms with Gasteiger partial charge in [0.25, 0.3) is 0 Å². The van der Waals surface area contributed by atoms with Gasteiger partial charge in [-0.15, -0.1) is 0 Å². The molecule has 1 saturated heterocycles. The molecular weight excluding hydrogens is 368 g/mol. The lowest BCUT2D eigenvalue weighted by molar-refractivity contribution is 0.0605. The van der Waals surface area contributed by atoms with Crippen molar-refractivity contribution in [2.45, 2.75) is 38.6 Å². The van der Waals surface area contributed by atoms with E-state index in [9.17, 15) is 4.39 Å². The summed E-state index contributed by atoms with van der Waals surface area (Å²) in [6.07, 6.45) is 4.51. The van der Waals surface area contributed by atoms with Gasteiger partial charge in [-0.05, 0) is 78.4 Å². The molecule has 1 aliphatic rings. The fraction of sp³-hybridized carbons (Fsp3) is 0.625. The van der Waals surface area contributed by atoms with Crippen molar-refractivity contribution >= 4 is 22.6 Å². The highest BCUT2D eigenvalue weighted by molar-refractivity contribution is 14.1. The van der Waals surface area contributed by atoms with Crippen molar-refractivity contribution in [1.82, 2.24) is 5.32 Å². The quantitative estimate of drug-likeness (QED) is 0.731. The zero-order valence-electron chi connectivity index (χ0n) is 12.0. The number of halogens is 2. The molecule has 0 bridgehead atoms. The number of benzene rings is 1. The van der Waals surface area contributed by atoms with Gasteiger partial charge >= 0.3 is 0 Å². The monoisotopic (exact) mass is 391 g/mol. The number of hydrogen-bond acceptors (Lipinski definition) is 2. The van der Waals surface area contributed by atoms with Crippen LogP contribution < -0.4 is 5.32 Å². The van der Waals surface area contributed by atoms with Crippen LogP contribution in [-0.4, -0.2) is 19.8 Å². The number of ether oxygens (including phenoxy) is 1. The van der Waals surface area contributed by atoms with Gasteiger partial charge in [0.1, 0.15) is 5.82 Å². The van der Waals surface area contributed by atoms with Crippen LogP contribution in [0.15, 0.2) is 18.2 Å². The van der Waals surface area contributed by atoms with E-state index in [2.05, 4.69) is 34.8 Å². The molecule has 1 aromatic rings. The highest BCUT2D eigenvalue weighted by Crippen LogP contribution is 2.30. The molecule has 1 unspecified atom stereocenters. The molecule has 1 aromatic carbocycles. The van der Waals surface area contributed by atoms with Gasteiger partial charge in [0.2, 0.25) is 0 Å². The van der Waals surface area contributed by atoms with Crippen LogP contribution in [0, 0.1) is 15.3 Å².